The summed E-state index contributed by atoms with van der Waals surface area (Å²) in [5.41, 5.74) is 2.18. The van der Waals surface area contributed by atoms with Crippen molar-refractivity contribution in [2.24, 2.45) is 0 Å². The van der Waals surface area contributed by atoms with Gasteiger partial charge in [0.1, 0.15) is 0 Å². The first-order valence-corrected chi connectivity index (χ1v) is 3.62. The Bertz CT molecular complexity index is 198. The molecule has 0 aliphatic rings. The van der Waals surface area contributed by atoms with E-state index < -0.39 is 0 Å². The van der Waals surface area contributed by atoms with Gasteiger partial charge in [-0.05, 0) is 18.6 Å². The molecule has 48 valence electrons. The average Bonchev–Trinajstić information content (AvgIpc) is 1.88. The van der Waals surface area contributed by atoms with Crippen LogP contribution >= 0.6 is 9.24 Å². The Morgan fingerprint density at radius 1 is 1.56 bits per heavy atom. The molecule has 9 heavy (non-hydrogen) atoms. The molecule has 1 rings (SSSR count). The van der Waals surface area contributed by atoms with E-state index in [9.17, 15) is 0 Å². The first kappa shape index (κ1) is 6.70. The van der Waals surface area contributed by atoms with Gasteiger partial charge in [-0.3, -0.25) is 4.98 Å². The summed E-state index contributed by atoms with van der Waals surface area (Å²) in [4.78, 5) is 4.25. The van der Waals surface area contributed by atoms with Gasteiger partial charge in [0.25, 0.3) is 0 Å². The Hall–Kier alpha value is -0.420. The van der Waals surface area contributed by atoms with Crippen molar-refractivity contribution in [3.05, 3.63) is 23.9 Å². The SMILES string of the molecule is CCc1cccc(P)n1. The summed E-state index contributed by atoms with van der Waals surface area (Å²) in [6.07, 6.45) is 1.02. The number of aromatic nitrogens is 1. The second-order valence-electron chi connectivity index (χ2n) is 1.91. The molecule has 0 N–H and O–H groups in total. The second-order valence-corrected chi connectivity index (χ2v) is 2.50. The lowest BCUT2D eigenvalue weighted by Crippen LogP contribution is -1.99. The van der Waals surface area contributed by atoms with Gasteiger partial charge in [0.2, 0.25) is 0 Å². The summed E-state index contributed by atoms with van der Waals surface area (Å²) in [6.45, 7) is 2.10. The maximum atomic E-state index is 4.25. The molecule has 0 aliphatic heterocycles. The third kappa shape index (κ3) is 1.76. The Labute approximate surface area is 57.7 Å². The van der Waals surface area contributed by atoms with Gasteiger partial charge in [-0.1, -0.05) is 22.2 Å². The predicted octanol–water partition coefficient (Wildman–Crippen LogP) is 1.14. The molecule has 0 radical (unpaired) electrons. The molecule has 1 nitrogen and oxygen atoms in total. The van der Waals surface area contributed by atoms with Crippen LogP contribution < -0.4 is 5.44 Å². The van der Waals surface area contributed by atoms with E-state index in [0.717, 1.165) is 17.5 Å². The van der Waals surface area contributed by atoms with Crippen LogP contribution in [0.4, 0.5) is 0 Å². The lowest BCUT2D eigenvalue weighted by Gasteiger charge is -1.94. The lowest BCUT2D eigenvalue weighted by molar-refractivity contribution is 1.05. The van der Waals surface area contributed by atoms with Crippen molar-refractivity contribution in [1.82, 2.24) is 4.98 Å². The quantitative estimate of drug-likeness (QED) is 0.532. The van der Waals surface area contributed by atoms with Crippen molar-refractivity contribution in [3.8, 4) is 0 Å². The smallest absolute Gasteiger partial charge is 0.0572 e. The fraction of sp³-hybridized carbons (Fsp3) is 0.286. The minimum Gasteiger partial charge on any atom is -0.254 e. The van der Waals surface area contributed by atoms with E-state index in [2.05, 4.69) is 21.1 Å². The van der Waals surface area contributed by atoms with E-state index in [4.69, 9.17) is 0 Å². The van der Waals surface area contributed by atoms with Crippen LogP contribution in [0.1, 0.15) is 12.6 Å². The number of hydrogen-bond donors (Lipinski definition) is 0. The normalized spacial score (nSPS) is 9.56. The van der Waals surface area contributed by atoms with Gasteiger partial charge >= 0.3 is 0 Å². The molecule has 1 unspecified atom stereocenters. The van der Waals surface area contributed by atoms with Gasteiger partial charge in [0.15, 0.2) is 0 Å². The summed E-state index contributed by atoms with van der Waals surface area (Å²) < 4.78 is 0. The van der Waals surface area contributed by atoms with Crippen LogP contribution in [-0.2, 0) is 6.42 Å². The molecule has 1 atom stereocenters. The van der Waals surface area contributed by atoms with Crippen molar-refractivity contribution in [3.63, 3.8) is 0 Å². The van der Waals surface area contributed by atoms with Crippen LogP contribution in [0, 0.1) is 0 Å². The minimum absolute atomic E-state index is 1.02. The summed E-state index contributed by atoms with van der Waals surface area (Å²) in [5, 5.41) is 0. The van der Waals surface area contributed by atoms with Crippen molar-refractivity contribution in [1.29, 1.82) is 0 Å². The Balaban J connectivity index is 2.94. The maximum absolute atomic E-state index is 4.25. The van der Waals surface area contributed by atoms with Crippen molar-refractivity contribution >= 4 is 14.7 Å². The fourth-order valence-electron chi connectivity index (χ4n) is 0.695. The van der Waals surface area contributed by atoms with E-state index in [1.165, 1.54) is 0 Å². The van der Waals surface area contributed by atoms with Gasteiger partial charge in [-0.2, -0.15) is 0 Å². The first-order valence-electron chi connectivity index (χ1n) is 3.04. The number of aryl methyl sites for hydroxylation is 1. The standard InChI is InChI=1S/C7H10NP/c1-2-6-4-3-5-7(9)8-6/h3-5H,2,9H2,1H3. The van der Waals surface area contributed by atoms with Crippen LogP contribution in [-0.4, -0.2) is 4.98 Å². The number of hydrogen-bond acceptors (Lipinski definition) is 1. The highest BCUT2D eigenvalue weighted by molar-refractivity contribution is 7.26. The number of rotatable bonds is 1. The maximum Gasteiger partial charge on any atom is 0.0572 e. The molecule has 1 aromatic rings. The van der Waals surface area contributed by atoms with Crippen LogP contribution in [0.25, 0.3) is 0 Å². The molecule has 0 saturated heterocycles. The zero-order valence-corrected chi connectivity index (χ0v) is 6.62. The van der Waals surface area contributed by atoms with Crippen molar-refractivity contribution < 1.29 is 0 Å². The molecular formula is C7H10NP. The third-order valence-corrected chi connectivity index (χ3v) is 1.51. The van der Waals surface area contributed by atoms with E-state index in [1.54, 1.807) is 0 Å². The molecule has 0 aliphatic carbocycles. The van der Waals surface area contributed by atoms with Crippen LogP contribution in [0.15, 0.2) is 18.2 Å². The summed E-state index contributed by atoms with van der Waals surface area (Å²) in [6, 6.07) is 6.03. The average molecular weight is 139 g/mol. The van der Waals surface area contributed by atoms with Crippen LogP contribution in [0.2, 0.25) is 0 Å². The van der Waals surface area contributed by atoms with E-state index in [0.29, 0.717) is 0 Å². The fourth-order valence-corrected chi connectivity index (χ4v) is 0.972. The zero-order valence-electron chi connectivity index (χ0n) is 5.46. The Kier molecular flexibility index (Phi) is 2.18. The minimum atomic E-state index is 1.02. The molecule has 0 fully saturated rings. The monoisotopic (exact) mass is 139 g/mol. The Morgan fingerprint density at radius 2 is 2.33 bits per heavy atom. The highest BCUT2D eigenvalue weighted by Gasteiger charge is 1.87. The molecule has 0 saturated carbocycles. The topological polar surface area (TPSA) is 12.9 Å². The van der Waals surface area contributed by atoms with Gasteiger partial charge in [0.05, 0.1) is 5.44 Å². The molecule has 0 amide bonds. The predicted molar refractivity (Wildman–Crippen MR) is 43.0 cm³/mol. The van der Waals surface area contributed by atoms with Crippen molar-refractivity contribution in [2.75, 3.05) is 0 Å². The van der Waals surface area contributed by atoms with Gasteiger partial charge < -0.3 is 0 Å². The number of pyridine rings is 1. The highest BCUT2D eigenvalue weighted by Crippen LogP contribution is 1.93. The largest absolute Gasteiger partial charge is 0.254 e. The molecule has 0 bridgehead atoms. The summed E-state index contributed by atoms with van der Waals surface area (Å²) >= 11 is 0. The van der Waals surface area contributed by atoms with E-state index >= 15 is 0 Å². The molecule has 1 heterocycles. The van der Waals surface area contributed by atoms with Crippen LogP contribution in [0.3, 0.4) is 0 Å². The molecule has 2 heteroatoms. The summed E-state index contributed by atoms with van der Waals surface area (Å²) in [7, 11) is 2.58. The van der Waals surface area contributed by atoms with E-state index in [-0.39, 0.29) is 0 Å². The summed E-state index contributed by atoms with van der Waals surface area (Å²) in [5.74, 6) is 0. The highest BCUT2D eigenvalue weighted by atomic mass is 31.0. The number of nitrogens with zero attached hydrogens (tertiary/aromatic N) is 1. The zero-order chi connectivity index (χ0) is 6.69. The van der Waals surface area contributed by atoms with Gasteiger partial charge in [-0.25, -0.2) is 0 Å². The van der Waals surface area contributed by atoms with Crippen LogP contribution in [0.5, 0.6) is 0 Å². The van der Waals surface area contributed by atoms with E-state index in [1.807, 2.05) is 18.2 Å². The molecular weight excluding hydrogens is 129 g/mol. The first-order chi connectivity index (χ1) is 4.33. The Morgan fingerprint density at radius 3 is 2.78 bits per heavy atom. The van der Waals surface area contributed by atoms with Gasteiger partial charge in [0, 0.05) is 5.69 Å². The third-order valence-electron chi connectivity index (χ3n) is 1.19. The van der Waals surface area contributed by atoms with Gasteiger partial charge in [-0.15, -0.1) is 0 Å². The lowest BCUT2D eigenvalue weighted by atomic mass is 10.3. The second kappa shape index (κ2) is 2.93. The molecule has 1 aromatic heterocycles. The van der Waals surface area contributed by atoms with Crippen molar-refractivity contribution in [2.45, 2.75) is 13.3 Å². The molecule has 0 spiro atoms. The molecule has 0 aromatic carbocycles.